The van der Waals surface area contributed by atoms with Crippen LogP contribution in [-0.4, -0.2) is 61.5 Å². The van der Waals surface area contributed by atoms with Gasteiger partial charge in [-0.05, 0) is 43.1 Å². The van der Waals surface area contributed by atoms with E-state index >= 15 is 0 Å². The van der Waals surface area contributed by atoms with Crippen LogP contribution in [0.4, 0.5) is 0 Å². The number of hydrogen-bond donors (Lipinski definition) is 0. The number of hydrogen-bond acceptors (Lipinski definition) is 4. The molecule has 3 rings (SSSR count). The summed E-state index contributed by atoms with van der Waals surface area (Å²) in [7, 11) is 4.26. The monoisotopic (exact) mass is 343 g/mol. The van der Waals surface area contributed by atoms with Crippen molar-refractivity contribution in [2.45, 2.75) is 19.5 Å². The number of rotatable bonds is 7. The number of benzene rings is 1. The molecule has 4 heteroatoms. The summed E-state index contributed by atoms with van der Waals surface area (Å²) in [6, 6.07) is 13.2. The zero-order valence-corrected chi connectivity index (χ0v) is 15.8. The van der Waals surface area contributed by atoms with E-state index in [1.165, 1.54) is 55.1 Å². The molecule has 0 unspecified atom stereocenters. The second kappa shape index (κ2) is 8.77. The van der Waals surface area contributed by atoms with Crippen LogP contribution < -0.4 is 0 Å². The smallest absolute Gasteiger partial charge is 0.0329 e. The third-order valence-corrected chi connectivity index (χ3v) is 5.58. The van der Waals surface area contributed by atoms with Crippen LogP contribution in [-0.2, 0) is 19.5 Å². The topological polar surface area (TPSA) is 9.72 Å². The van der Waals surface area contributed by atoms with Gasteiger partial charge in [0.15, 0.2) is 0 Å². The zero-order chi connectivity index (χ0) is 16.8. The summed E-state index contributed by atoms with van der Waals surface area (Å²) >= 11 is 1.91. The molecule has 0 saturated carbocycles. The first-order valence-electron chi connectivity index (χ1n) is 8.89. The highest BCUT2D eigenvalue weighted by molar-refractivity contribution is 7.10. The van der Waals surface area contributed by atoms with E-state index in [-0.39, 0.29) is 0 Å². The van der Waals surface area contributed by atoms with Crippen molar-refractivity contribution >= 4 is 11.3 Å². The predicted molar refractivity (Wildman–Crippen MR) is 104 cm³/mol. The maximum absolute atomic E-state index is 2.61. The lowest BCUT2D eigenvalue weighted by atomic mass is 10.1. The Hall–Kier alpha value is -1.20. The Morgan fingerprint density at radius 1 is 0.958 bits per heavy atom. The Bertz CT molecular complexity index is 600. The van der Waals surface area contributed by atoms with E-state index in [0.717, 1.165) is 13.1 Å². The molecule has 1 saturated heterocycles. The van der Waals surface area contributed by atoms with Gasteiger partial charge in [0.2, 0.25) is 0 Å². The third-order valence-electron chi connectivity index (χ3n) is 4.61. The van der Waals surface area contributed by atoms with E-state index in [1.807, 2.05) is 11.3 Å². The normalized spacial score (nSPS) is 16.8. The Morgan fingerprint density at radius 2 is 1.67 bits per heavy atom. The van der Waals surface area contributed by atoms with E-state index in [4.69, 9.17) is 0 Å². The lowest BCUT2D eigenvalue weighted by Gasteiger charge is -2.34. The van der Waals surface area contributed by atoms with Gasteiger partial charge in [-0.1, -0.05) is 30.3 Å². The Kier molecular flexibility index (Phi) is 6.44. The maximum atomic E-state index is 2.61. The number of nitrogens with zero attached hydrogens (tertiary/aromatic N) is 3. The highest BCUT2D eigenvalue weighted by Gasteiger charge is 2.17. The van der Waals surface area contributed by atoms with Crippen molar-refractivity contribution < 1.29 is 0 Å². The van der Waals surface area contributed by atoms with Crippen molar-refractivity contribution in [2.75, 3.05) is 46.8 Å². The molecule has 1 aliphatic heterocycles. The van der Waals surface area contributed by atoms with Gasteiger partial charge in [-0.25, -0.2) is 0 Å². The number of piperazine rings is 1. The first-order valence-corrected chi connectivity index (χ1v) is 9.76. The van der Waals surface area contributed by atoms with Gasteiger partial charge in [0.25, 0.3) is 0 Å². The minimum atomic E-state index is 1.05. The van der Waals surface area contributed by atoms with Crippen LogP contribution >= 0.6 is 11.3 Å². The van der Waals surface area contributed by atoms with E-state index in [0.29, 0.717) is 0 Å². The van der Waals surface area contributed by atoms with Crippen LogP contribution in [0.5, 0.6) is 0 Å². The predicted octanol–water partition coefficient (Wildman–Crippen LogP) is 3.17. The van der Waals surface area contributed by atoms with Gasteiger partial charge >= 0.3 is 0 Å². The van der Waals surface area contributed by atoms with Crippen molar-refractivity contribution in [3.8, 4) is 0 Å². The Labute approximate surface area is 150 Å². The van der Waals surface area contributed by atoms with Gasteiger partial charge in [0, 0.05) is 50.7 Å². The maximum Gasteiger partial charge on any atom is 0.0329 e. The molecule has 3 nitrogen and oxygen atoms in total. The van der Waals surface area contributed by atoms with Crippen LogP contribution in [0.1, 0.15) is 16.0 Å². The molecule has 0 atom stereocenters. The van der Waals surface area contributed by atoms with Gasteiger partial charge in [0.1, 0.15) is 0 Å². The average Bonchev–Trinajstić information content (AvgIpc) is 3.01. The number of thiophene rings is 1. The van der Waals surface area contributed by atoms with Crippen molar-refractivity contribution in [3.63, 3.8) is 0 Å². The molecule has 1 aromatic carbocycles. The molecule has 0 spiro atoms. The van der Waals surface area contributed by atoms with E-state index in [2.05, 4.69) is 70.6 Å². The molecule has 2 aromatic rings. The zero-order valence-electron chi connectivity index (χ0n) is 14.9. The second-order valence-electron chi connectivity index (χ2n) is 7.01. The Morgan fingerprint density at radius 3 is 2.38 bits per heavy atom. The molecule has 1 aromatic heterocycles. The highest BCUT2D eigenvalue weighted by Crippen LogP contribution is 2.18. The summed E-state index contributed by atoms with van der Waals surface area (Å²) in [5, 5.41) is 2.31. The van der Waals surface area contributed by atoms with Crippen molar-refractivity contribution in [1.82, 2.24) is 14.7 Å². The molecule has 130 valence electrons. The molecule has 0 radical (unpaired) electrons. The van der Waals surface area contributed by atoms with Crippen LogP contribution in [0, 0.1) is 0 Å². The van der Waals surface area contributed by atoms with Crippen LogP contribution in [0.25, 0.3) is 0 Å². The molecule has 0 N–H and O–H groups in total. The lowest BCUT2D eigenvalue weighted by Crippen LogP contribution is -2.46. The van der Waals surface area contributed by atoms with E-state index in [1.54, 1.807) is 0 Å². The molecular formula is C20H29N3S. The fourth-order valence-electron chi connectivity index (χ4n) is 3.28. The Balaban J connectivity index is 1.39. The summed E-state index contributed by atoms with van der Waals surface area (Å²) in [4.78, 5) is 8.95. The quantitative estimate of drug-likeness (QED) is 0.764. The fourth-order valence-corrected chi connectivity index (χ4v) is 4.20. The fraction of sp³-hybridized carbons (Fsp3) is 0.500. The van der Waals surface area contributed by atoms with Gasteiger partial charge < -0.3 is 9.80 Å². The molecule has 2 heterocycles. The lowest BCUT2D eigenvalue weighted by molar-refractivity contribution is 0.129. The molecule has 24 heavy (non-hydrogen) atoms. The van der Waals surface area contributed by atoms with Crippen LogP contribution in [0.2, 0.25) is 0 Å². The first-order chi connectivity index (χ1) is 11.7. The second-order valence-corrected chi connectivity index (χ2v) is 8.01. The van der Waals surface area contributed by atoms with Gasteiger partial charge in [-0.2, -0.15) is 0 Å². The van der Waals surface area contributed by atoms with E-state index < -0.39 is 0 Å². The standard InChI is InChI=1S/C20H29N3S/c1-21(2)15-19-14-20(24-17-19)16-23-12-10-22(11-13-23)9-8-18-6-4-3-5-7-18/h3-7,14,17H,8-13,15-16H2,1-2H3. The molecule has 0 bridgehead atoms. The van der Waals surface area contributed by atoms with Gasteiger partial charge in [-0.15, -0.1) is 11.3 Å². The third kappa shape index (κ3) is 5.42. The molecule has 0 amide bonds. The van der Waals surface area contributed by atoms with Gasteiger partial charge in [-0.3, -0.25) is 4.90 Å². The first kappa shape index (κ1) is 17.6. The summed E-state index contributed by atoms with van der Waals surface area (Å²) in [6.07, 6.45) is 1.17. The van der Waals surface area contributed by atoms with Crippen molar-refractivity contribution in [3.05, 3.63) is 57.8 Å². The van der Waals surface area contributed by atoms with Crippen molar-refractivity contribution in [1.29, 1.82) is 0 Å². The van der Waals surface area contributed by atoms with Crippen molar-refractivity contribution in [2.24, 2.45) is 0 Å². The highest BCUT2D eigenvalue weighted by atomic mass is 32.1. The SMILES string of the molecule is CN(C)Cc1csc(CN2CCN(CCc3ccccc3)CC2)c1. The van der Waals surface area contributed by atoms with Gasteiger partial charge in [0.05, 0.1) is 0 Å². The van der Waals surface area contributed by atoms with Crippen LogP contribution in [0.3, 0.4) is 0 Å². The molecule has 0 aliphatic carbocycles. The van der Waals surface area contributed by atoms with E-state index in [9.17, 15) is 0 Å². The molecular weight excluding hydrogens is 314 g/mol. The summed E-state index contributed by atoms with van der Waals surface area (Å²) in [6.45, 7) is 8.12. The minimum Gasteiger partial charge on any atom is -0.305 e. The summed E-state index contributed by atoms with van der Waals surface area (Å²) < 4.78 is 0. The summed E-state index contributed by atoms with van der Waals surface area (Å²) in [5.41, 5.74) is 2.90. The largest absolute Gasteiger partial charge is 0.305 e. The minimum absolute atomic E-state index is 1.05. The molecule has 1 aliphatic rings. The summed E-state index contributed by atoms with van der Waals surface area (Å²) in [5.74, 6) is 0. The average molecular weight is 344 g/mol. The molecule has 1 fully saturated rings. The van der Waals surface area contributed by atoms with Crippen LogP contribution in [0.15, 0.2) is 41.8 Å².